The minimum absolute atomic E-state index is 1.17. The van der Waals surface area contributed by atoms with Gasteiger partial charge in [-0.2, -0.15) is 0 Å². The van der Waals surface area contributed by atoms with Crippen LogP contribution < -0.4 is 0 Å². The summed E-state index contributed by atoms with van der Waals surface area (Å²) in [7, 11) is 4.50. The third-order valence-corrected chi connectivity index (χ3v) is 9.93. The Morgan fingerprint density at radius 2 is 0.810 bits per heavy atom. The number of benzene rings is 4. The van der Waals surface area contributed by atoms with Gasteiger partial charge >= 0.3 is 0 Å². The number of nitrogens with zero attached hydrogens (tertiary/aromatic N) is 2. The first kappa shape index (κ1) is 28.8. The maximum atomic E-state index is 2.45. The Balaban J connectivity index is 1.30. The van der Waals surface area contributed by atoms with Crippen LogP contribution in [-0.4, -0.2) is 9.13 Å². The van der Waals surface area contributed by atoms with Crippen molar-refractivity contribution >= 4 is 54.1 Å². The lowest BCUT2D eigenvalue weighted by atomic mass is 9.95. The first-order valence-corrected chi connectivity index (χ1v) is 16.9. The van der Waals surface area contributed by atoms with Crippen LogP contribution in [0.2, 0.25) is 0 Å². The second-order valence-corrected chi connectivity index (χ2v) is 12.9. The van der Waals surface area contributed by atoms with Crippen molar-refractivity contribution < 1.29 is 0 Å². The minimum Gasteiger partial charge on any atom is -0.348 e. The number of aromatic nitrogens is 2. The fourth-order valence-electron chi connectivity index (χ4n) is 7.31. The number of unbranched alkanes of at least 4 members (excludes halogenated alkanes) is 10. The highest BCUT2D eigenvalue weighted by atomic mass is 14.9. The predicted molar refractivity (Wildman–Crippen MR) is 186 cm³/mol. The van der Waals surface area contributed by atoms with Crippen LogP contribution in [0, 0.1) is 0 Å². The zero-order chi connectivity index (χ0) is 29.1. The quantitative estimate of drug-likeness (QED) is 0.0929. The number of hydrogen-bond acceptors (Lipinski definition) is 0. The van der Waals surface area contributed by atoms with Crippen molar-refractivity contribution in [3.05, 3.63) is 72.1 Å². The summed E-state index contributed by atoms with van der Waals surface area (Å²) in [4.78, 5) is 0. The lowest BCUT2D eigenvalue weighted by molar-refractivity contribution is 0.600. The third kappa shape index (κ3) is 5.70. The summed E-state index contributed by atoms with van der Waals surface area (Å²) in [5.41, 5.74) is 5.64. The van der Waals surface area contributed by atoms with Crippen molar-refractivity contribution in [1.82, 2.24) is 9.13 Å². The number of aryl methyl sites for hydroxylation is 4. The first-order chi connectivity index (χ1) is 20.6. The molecule has 0 bridgehead atoms. The molecule has 0 spiro atoms. The zero-order valence-electron chi connectivity index (χ0n) is 26.6. The number of hydrogen-bond donors (Lipinski definition) is 0. The van der Waals surface area contributed by atoms with E-state index in [-0.39, 0.29) is 0 Å². The van der Waals surface area contributed by atoms with Gasteiger partial charge in [0.1, 0.15) is 0 Å². The summed E-state index contributed by atoms with van der Waals surface area (Å²) in [5.74, 6) is 0. The lowest BCUT2D eigenvalue weighted by Gasteiger charge is -2.10. The molecule has 0 aliphatic heterocycles. The van der Waals surface area contributed by atoms with Gasteiger partial charge in [0.25, 0.3) is 0 Å². The molecular formula is C40H50N2. The van der Waals surface area contributed by atoms with Gasteiger partial charge in [-0.1, -0.05) is 102 Å². The van der Waals surface area contributed by atoms with Crippen LogP contribution in [0.3, 0.4) is 0 Å². The minimum atomic E-state index is 1.17. The van der Waals surface area contributed by atoms with E-state index in [2.05, 4.69) is 97.7 Å². The summed E-state index contributed by atoms with van der Waals surface area (Å²) in [6, 6.07) is 24.0. The van der Waals surface area contributed by atoms with Gasteiger partial charge in [-0.05, 0) is 94.4 Å². The van der Waals surface area contributed by atoms with E-state index in [0.717, 1.165) is 0 Å². The highest BCUT2D eigenvalue weighted by Gasteiger charge is 2.13. The Morgan fingerprint density at radius 3 is 1.24 bits per heavy atom. The van der Waals surface area contributed by atoms with Crippen molar-refractivity contribution in [3.8, 4) is 0 Å². The molecule has 0 aliphatic rings. The Labute approximate surface area is 252 Å². The van der Waals surface area contributed by atoms with Gasteiger partial charge in [-0.25, -0.2) is 0 Å². The van der Waals surface area contributed by atoms with Crippen molar-refractivity contribution in [2.45, 2.75) is 104 Å². The van der Waals surface area contributed by atoms with E-state index in [1.807, 2.05) is 0 Å². The molecule has 0 unspecified atom stereocenters. The molecular weight excluding hydrogens is 508 g/mol. The predicted octanol–water partition coefficient (Wildman–Crippen LogP) is 11.9. The van der Waals surface area contributed by atoms with Gasteiger partial charge in [-0.3, -0.25) is 0 Å². The largest absolute Gasteiger partial charge is 0.348 e. The summed E-state index contributed by atoms with van der Waals surface area (Å²) >= 11 is 0. The molecule has 0 aliphatic carbocycles. The highest BCUT2D eigenvalue weighted by Crippen LogP contribution is 2.36. The Bertz CT molecular complexity index is 1690. The van der Waals surface area contributed by atoms with E-state index in [9.17, 15) is 0 Å². The maximum Gasteiger partial charge on any atom is 0.0486 e. The topological polar surface area (TPSA) is 9.86 Å². The Kier molecular flexibility index (Phi) is 8.89. The van der Waals surface area contributed by atoms with Crippen LogP contribution in [0.25, 0.3) is 54.1 Å². The maximum absolute atomic E-state index is 2.45. The Hall–Kier alpha value is -3.26. The SMILES string of the molecule is CCCCCCCCc1cc2cc3c(ccc4c5cc6cc(CCCCCCCC)n(C)c6cc5ccc34)cc2n1C. The molecule has 0 saturated heterocycles. The highest BCUT2D eigenvalue weighted by molar-refractivity contribution is 6.20. The van der Waals surface area contributed by atoms with Gasteiger partial charge in [0.2, 0.25) is 0 Å². The van der Waals surface area contributed by atoms with E-state index < -0.39 is 0 Å². The van der Waals surface area contributed by atoms with Crippen LogP contribution in [-0.2, 0) is 26.9 Å². The monoisotopic (exact) mass is 558 g/mol. The van der Waals surface area contributed by atoms with Gasteiger partial charge < -0.3 is 9.13 Å². The number of rotatable bonds is 14. The Morgan fingerprint density at radius 1 is 0.405 bits per heavy atom. The van der Waals surface area contributed by atoms with Gasteiger partial charge in [-0.15, -0.1) is 0 Å². The average Bonchev–Trinajstić information content (AvgIpc) is 3.48. The molecule has 6 rings (SSSR count). The van der Waals surface area contributed by atoms with Crippen molar-refractivity contribution in [1.29, 1.82) is 0 Å². The van der Waals surface area contributed by atoms with Crippen molar-refractivity contribution in [2.24, 2.45) is 14.1 Å². The third-order valence-electron chi connectivity index (χ3n) is 9.93. The molecule has 0 amide bonds. The molecule has 220 valence electrons. The summed E-state index contributed by atoms with van der Waals surface area (Å²) in [6.45, 7) is 4.58. The van der Waals surface area contributed by atoms with Gasteiger partial charge in [0.15, 0.2) is 0 Å². The summed E-state index contributed by atoms with van der Waals surface area (Å²) in [5, 5.41) is 10.9. The molecule has 2 aromatic heterocycles. The van der Waals surface area contributed by atoms with Crippen molar-refractivity contribution in [3.63, 3.8) is 0 Å². The summed E-state index contributed by atoms with van der Waals surface area (Å²) < 4.78 is 4.86. The van der Waals surface area contributed by atoms with Crippen molar-refractivity contribution in [2.75, 3.05) is 0 Å². The molecule has 0 saturated carbocycles. The van der Waals surface area contributed by atoms with Crippen LogP contribution >= 0.6 is 0 Å². The molecule has 42 heavy (non-hydrogen) atoms. The fourth-order valence-corrected chi connectivity index (χ4v) is 7.31. The van der Waals surface area contributed by atoms with Crippen LogP contribution in [0.1, 0.15) is 102 Å². The van der Waals surface area contributed by atoms with E-state index in [1.165, 1.54) is 155 Å². The molecule has 0 fully saturated rings. The smallest absolute Gasteiger partial charge is 0.0486 e. The normalized spacial score (nSPS) is 12.2. The average molecular weight is 559 g/mol. The van der Waals surface area contributed by atoms with Crippen LogP contribution in [0.15, 0.2) is 60.7 Å². The molecule has 4 aromatic carbocycles. The number of fused-ring (bicyclic) bond motifs is 7. The molecule has 0 radical (unpaired) electrons. The van der Waals surface area contributed by atoms with Crippen LogP contribution in [0.5, 0.6) is 0 Å². The van der Waals surface area contributed by atoms with E-state index >= 15 is 0 Å². The second-order valence-electron chi connectivity index (χ2n) is 12.9. The molecule has 2 nitrogen and oxygen atoms in total. The molecule has 6 aromatic rings. The van der Waals surface area contributed by atoms with Crippen LogP contribution in [0.4, 0.5) is 0 Å². The standard InChI is InChI=1S/C40H50N2/c1-5-7-9-11-13-15-17-33-23-31-25-37-29(27-39(31)41(33)3)19-21-36-35(37)22-20-30-28-40-32(26-38(30)36)24-34(42(40)4)18-16-14-12-10-8-6-2/h19-28H,5-18H2,1-4H3. The van der Waals surface area contributed by atoms with E-state index in [4.69, 9.17) is 0 Å². The molecule has 0 atom stereocenters. The molecule has 2 heterocycles. The lowest BCUT2D eigenvalue weighted by Crippen LogP contribution is -1.96. The fraction of sp³-hybridized carbons (Fsp3) is 0.450. The van der Waals surface area contributed by atoms with E-state index in [0.29, 0.717) is 0 Å². The molecule has 0 N–H and O–H groups in total. The van der Waals surface area contributed by atoms with E-state index in [1.54, 1.807) is 0 Å². The summed E-state index contributed by atoms with van der Waals surface area (Å²) in [6.07, 6.45) is 18.5. The first-order valence-electron chi connectivity index (χ1n) is 16.9. The molecule has 2 heteroatoms. The zero-order valence-corrected chi connectivity index (χ0v) is 26.6. The second kappa shape index (κ2) is 12.9. The van der Waals surface area contributed by atoms with Gasteiger partial charge in [0, 0.05) is 47.3 Å². The van der Waals surface area contributed by atoms with Gasteiger partial charge in [0.05, 0.1) is 0 Å².